The number of aromatic nitrogens is 2. The number of nitriles is 1. The van der Waals surface area contributed by atoms with E-state index < -0.39 is 0 Å². The largest absolute Gasteiger partial charge is 0.490 e. The van der Waals surface area contributed by atoms with Crippen molar-refractivity contribution in [2.24, 2.45) is 0 Å². The molecular weight excluding hydrogens is 506 g/mol. The van der Waals surface area contributed by atoms with Crippen LogP contribution in [0.2, 0.25) is 0 Å². The van der Waals surface area contributed by atoms with Gasteiger partial charge in [-0.3, -0.25) is 9.69 Å². The lowest BCUT2D eigenvalue weighted by Gasteiger charge is -2.29. The lowest BCUT2D eigenvalue weighted by Crippen LogP contribution is -2.45. The second kappa shape index (κ2) is 12.4. The maximum Gasteiger partial charge on any atom is 0.258 e. The molecule has 0 bridgehead atoms. The molecule has 0 unspecified atom stereocenters. The van der Waals surface area contributed by atoms with Gasteiger partial charge in [0.1, 0.15) is 11.8 Å². The minimum absolute atomic E-state index is 0. The van der Waals surface area contributed by atoms with Gasteiger partial charge in [0.25, 0.3) is 5.89 Å². The van der Waals surface area contributed by atoms with Crippen molar-refractivity contribution in [2.45, 2.75) is 32.8 Å². The molecule has 2 aromatic carbocycles. The van der Waals surface area contributed by atoms with Crippen LogP contribution < -0.4 is 4.74 Å². The van der Waals surface area contributed by atoms with Gasteiger partial charge in [0.2, 0.25) is 11.7 Å². The van der Waals surface area contributed by atoms with E-state index in [0.717, 1.165) is 38.0 Å². The van der Waals surface area contributed by atoms with Crippen LogP contribution in [-0.2, 0) is 22.4 Å². The van der Waals surface area contributed by atoms with E-state index in [1.807, 2.05) is 30.9 Å². The summed E-state index contributed by atoms with van der Waals surface area (Å²) in [5.74, 6) is 1.55. The zero-order chi connectivity index (χ0) is 25.8. The zero-order valence-corrected chi connectivity index (χ0v) is 22.5. The summed E-state index contributed by atoms with van der Waals surface area (Å²) in [5.41, 5.74) is 4.39. The molecule has 38 heavy (non-hydrogen) atoms. The first kappa shape index (κ1) is 27.6. The van der Waals surface area contributed by atoms with E-state index in [4.69, 9.17) is 14.0 Å². The molecule has 1 fully saturated rings. The SMILES string of the molecule is CC(C)Oc1ccc(-c2nc(-c3ccc4c(c3)CCN(C(=O)CN3CCOCC3)CC4)no2)cc1C#N.Cl. The van der Waals surface area contributed by atoms with Crippen LogP contribution >= 0.6 is 12.4 Å². The molecule has 5 rings (SSSR count). The van der Waals surface area contributed by atoms with Crippen molar-refractivity contribution >= 4 is 18.3 Å². The number of carbonyl (C=O) groups is 1. The van der Waals surface area contributed by atoms with E-state index in [1.165, 1.54) is 11.1 Å². The molecule has 1 saturated heterocycles. The van der Waals surface area contributed by atoms with E-state index in [-0.39, 0.29) is 24.4 Å². The summed E-state index contributed by atoms with van der Waals surface area (Å²) in [6.45, 7) is 8.70. The topological polar surface area (TPSA) is 105 Å². The summed E-state index contributed by atoms with van der Waals surface area (Å²) in [6, 6.07) is 13.6. The minimum Gasteiger partial charge on any atom is -0.490 e. The molecule has 0 aliphatic carbocycles. The molecule has 0 spiro atoms. The van der Waals surface area contributed by atoms with Gasteiger partial charge in [0.05, 0.1) is 31.4 Å². The number of halogens is 1. The Labute approximate surface area is 228 Å². The van der Waals surface area contributed by atoms with Gasteiger partial charge in [-0.2, -0.15) is 10.2 Å². The Bertz CT molecular complexity index is 1310. The van der Waals surface area contributed by atoms with Gasteiger partial charge in [-0.25, -0.2) is 0 Å². The predicted molar refractivity (Wildman–Crippen MR) is 144 cm³/mol. The number of hydrogen-bond donors (Lipinski definition) is 0. The number of morpholine rings is 1. The summed E-state index contributed by atoms with van der Waals surface area (Å²) in [7, 11) is 0. The third-order valence-corrected chi connectivity index (χ3v) is 6.72. The van der Waals surface area contributed by atoms with Crippen LogP contribution in [0.1, 0.15) is 30.5 Å². The van der Waals surface area contributed by atoms with E-state index >= 15 is 0 Å². The molecule has 1 amide bonds. The molecule has 200 valence electrons. The van der Waals surface area contributed by atoms with E-state index in [0.29, 0.717) is 54.9 Å². The van der Waals surface area contributed by atoms with Crippen molar-refractivity contribution in [3.63, 3.8) is 0 Å². The van der Waals surface area contributed by atoms with Crippen LogP contribution in [0.25, 0.3) is 22.8 Å². The molecule has 0 radical (unpaired) electrons. The average Bonchev–Trinajstić information content (AvgIpc) is 3.30. The molecule has 0 saturated carbocycles. The summed E-state index contributed by atoms with van der Waals surface area (Å²) < 4.78 is 16.6. The van der Waals surface area contributed by atoms with Crippen LogP contribution in [0.15, 0.2) is 40.9 Å². The molecular formula is C28H32ClN5O4. The first-order chi connectivity index (χ1) is 18.0. The lowest BCUT2D eigenvalue weighted by molar-refractivity contribution is -0.133. The number of fused-ring (bicyclic) bond motifs is 1. The van der Waals surface area contributed by atoms with E-state index in [2.05, 4.69) is 33.2 Å². The Hall–Kier alpha value is -3.45. The second-order valence-corrected chi connectivity index (χ2v) is 9.67. The highest BCUT2D eigenvalue weighted by molar-refractivity contribution is 5.85. The predicted octanol–water partition coefficient (Wildman–Crippen LogP) is 3.74. The number of ether oxygens (including phenoxy) is 2. The number of amides is 1. The standard InChI is InChI=1S/C28H31N5O4.ClH/c1-19(2)36-25-6-5-23(16-24(25)17-29)28-30-27(31-37-28)22-4-3-20-7-9-33(10-8-21(20)15-22)26(34)18-32-11-13-35-14-12-32;/h3-6,15-16,19H,7-14,18H2,1-2H3;1H. The van der Waals surface area contributed by atoms with Gasteiger partial charge in [-0.1, -0.05) is 17.3 Å². The van der Waals surface area contributed by atoms with Crippen molar-refractivity contribution in [3.05, 3.63) is 53.1 Å². The molecule has 2 aliphatic heterocycles. The number of benzene rings is 2. The molecule has 1 aromatic heterocycles. The van der Waals surface area contributed by atoms with Gasteiger partial charge >= 0.3 is 0 Å². The van der Waals surface area contributed by atoms with Gasteiger partial charge in [0.15, 0.2) is 0 Å². The Morgan fingerprint density at radius 1 is 1.05 bits per heavy atom. The molecule has 10 heteroatoms. The van der Waals surface area contributed by atoms with Crippen LogP contribution in [0.4, 0.5) is 0 Å². The fourth-order valence-corrected chi connectivity index (χ4v) is 4.73. The van der Waals surface area contributed by atoms with Gasteiger partial charge in [-0.15, -0.1) is 12.4 Å². The van der Waals surface area contributed by atoms with Crippen molar-refractivity contribution in [2.75, 3.05) is 45.9 Å². The number of rotatable bonds is 6. The molecule has 0 atom stereocenters. The second-order valence-electron chi connectivity index (χ2n) is 9.67. The average molecular weight is 538 g/mol. The van der Waals surface area contributed by atoms with Crippen molar-refractivity contribution in [3.8, 4) is 34.7 Å². The smallest absolute Gasteiger partial charge is 0.258 e. The molecule has 9 nitrogen and oxygen atoms in total. The summed E-state index contributed by atoms with van der Waals surface area (Å²) >= 11 is 0. The van der Waals surface area contributed by atoms with Gasteiger partial charge in [0, 0.05) is 37.3 Å². The Morgan fingerprint density at radius 3 is 2.53 bits per heavy atom. The molecule has 0 N–H and O–H groups in total. The zero-order valence-electron chi connectivity index (χ0n) is 21.7. The normalized spacial score (nSPS) is 15.8. The van der Waals surface area contributed by atoms with Crippen LogP contribution in [-0.4, -0.2) is 77.9 Å². The fraction of sp³-hybridized carbons (Fsp3) is 0.429. The Morgan fingerprint density at radius 2 is 1.79 bits per heavy atom. The molecule has 2 aliphatic rings. The number of carbonyl (C=O) groups excluding carboxylic acids is 1. The van der Waals surface area contributed by atoms with Crippen LogP contribution in [0, 0.1) is 11.3 Å². The third kappa shape index (κ3) is 6.33. The quantitative estimate of drug-likeness (QED) is 0.468. The van der Waals surface area contributed by atoms with Gasteiger partial charge in [-0.05, 0) is 62.1 Å². The number of nitrogens with zero attached hydrogens (tertiary/aromatic N) is 5. The van der Waals surface area contributed by atoms with E-state index in [1.54, 1.807) is 12.1 Å². The summed E-state index contributed by atoms with van der Waals surface area (Å²) in [4.78, 5) is 21.6. The van der Waals surface area contributed by atoms with Crippen molar-refractivity contribution in [1.82, 2.24) is 19.9 Å². The minimum atomic E-state index is -0.0314. The van der Waals surface area contributed by atoms with Gasteiger partial charge < -0.3 is 18.9 Å². The summed E-state index contributed by atoms with van der Waals surface area (Å²) in [6.07, 6.45) is 1.58. The first-order valence-corrected chi connectivity index (χ1v) is 12.7. The Balaban J connectivity index is 0.00000336. The lowest BCUT2D eigenvalue weighted by atomic mass is 10.00. The Kier molecular flexibility index (Phi) is 9.00. The third-order valence-electron chi connectivity index (χ3n) is 6.72. The van der Waals surface area contributed by atoms with Crippen molar-refractivity contribution < 1.29 is 18.8 Å². The van der Waals surface area contributed by atoms with Crippen LogP contribution in [0.5, 0.6) is 5.75 Å². The highest BCUT2D eigenvalue weighted by Crippen LogP contribution is 2.29. The highest BCUT2D eigenvalue weighted by Gasteiger charge is 2.22. The van der Waals surface area contributed by atoms with E-state index in [9.17, 15) is 10.1 Å². The maximum atomic E-state index is 12.9. The molecule has 3 heterocycles. The highest BCUT2D eigenvalue weighted by atomic mass is 35.5. The first-order valence-electron chi connectivity index (χ1n) is 12.7. The fourth-order valence-electron chi connectivity index (χ4n) is 4.73. The number of hydrogen-bond acceptors (Lipinski definition) is 8. The van der Waals surface area contributed by atoms with Crippen LogP contribution in [0.3, 0.4) is 0 Å². The monoisotopic (exact) mass is 537 g/mol. The molecule has 3 aromatic rings. The maximum absolute atomic E-state index is 12.9. The van der Waals surface area contributed by atoms with Crippen molar-refractivity contribution in [1.29, 1.82) is 5.26 Å². The summed E-state index contributed by atoms with van der Waals surface area (Å²) in [5, 5.41) is 13.7.